The summed E-state index contributed by atoms with van der Waals surface area (Å²) in [6.45, 7) is 9.29. The SMILES string of the molecule is Cc1nnc2n1-c1ccc(Cl)cc1N(c1ccccc1)C(=O)C2CC(C)N(C=O)OC(C)(C)C. The van der Waals surface area contributed by atoms with Gasteiger partial charge in [0.2, 0.25) is 12.3 Å². The number of halogens is 1. The zero-order valence-corrected chi connectivity index (χ0v) is 20.7. The van der Waals surface area contributed by atoms with Crippen molar-refractivity contribution in [2.75, 3.05) is 4.90 Å². The van der Waals surface area contributed by atoms with Gasteiger partial charge in [-0.15, -0.1) is 10.2 Å². The second-order valence-corrected chi connectivity index (χ2v) is 9.83. The molecule has 2 heterocycles. The van der Waals surface area contributed by atoms with Crippen LogP contribution in [0.5, 0.6) is 0 Å². The molecule has 2 aromatic carbocycles. The molecule has 0 bridgehead atoms. The van der Waals surface area contributed by atoms with Crippen LogP contribution in [0.25, 0.3) is 5.69 Å². The van der Waals surface area contributed by atoms with E-state index in [2.05, 4.69) is 10.2 Å². The number of amides is 2. The molecule has 0 fully saturated rings. The van der Waals surface area contributed by atoms with Crippen molar-refractivity contribution in [1.29, 1.82) is 0 Å². The number of hydrogen-bond donors (Lipinski definition) is 0. The molecule has 0 N–H and O–H groups in total. The highest BCUT2D eigenvalue weighted by Gasteiger charge is 2.39. The van der Waals surface area contributed by atoms with Crippen molar-refractivity contribution in [3.8, 4) is 5.69 Å². The molecule has 2 unspecified atom stereocenters. The van der Waals surface area contributed by atoms with Crippen LogP contribution in [-0.4, -0.2) is 43.8 Å². The topological polar surface area (TPSA) is 80.6 Å². The van der Waals surface area contributed by atoms with Crippen molar-refractivity contribution in [3.05, 3.63) is 65.2 Å². The lowest BCUT2D eigenvalue weighted by Crippen LogP contribution is -2.41. The minimum Gasteiger partial charge on any atom is -0.280 e. The van der Waals surface area contributed by atoms with Crippen LogP contribution in [0.1, 0.15) is 51.7 Å². The highest BCUT2D eigenvalue weighted by Crippen LogP contribution is 2.41. The Kier molecular flexibility index (Phi) is 6.47. The van der Waals surface area contributed by atoms with Crippen molar-refractivity contribution >= 4 is 35.3 Å². The Balaban J connectivity index is 1.85. The van der Waals surface area contributed by atoms with E-state index in [1.54, 1.807) is 17.0 Å². The van der Waals surface area contributed by atoms with Crippen LogP contribution in [0.3, 0.4) is 0 Å². The highest BCUT2D eigenvalue weighted by molar-refractivity contribution is 6.31. The van der Waals surface area contributed by atoms with Gasteiger partial charge in [0.15, 0.2) is 0 Å². The number of hydrogen-bond acceptors (Lipinski definition) is 5. The van der Waals surface area contributed by atoms with Gasteiger partial charge in [-0.25, -0.2) is 5.06 Å². The van der Waals surface area contributed by atoms with Gasteiger partial charge in [-0.3, -0.25) is 23.9 Å². The number of anilines is 2. The number of rotatable bonds is 6. The predicted octanol–water partition coefficient (Wildman–Crippen LogP) is 4.96. The van der Waals surface area contributed by atoms with Crippen LogP contribution < -0.4 is 4.90 Å². The molecular weight excluding hydrogens is 454 g/mol. The maximum Gasteiger partial charge on any atom is 0.242 e. The van der Waals surface area contributed by atoms with E-state index in [-0.39, 0.29) is 12.3 Å². The normalized spacial score (nSPS) is 16.5. The molecule has 8 nitrogen and oxygen atoms in total. The molecule has 0 aliphatic carbocycles. The summed E-state index contributed by atoms with van der Waals surface area (Å²) in [6, 6.07) is 14.4. The molecule has 2 amide bonds. The van der Waals surface area contributed by atoms with Crippen LogP contribution in [0.2, 0.25) is 5.02 Å². The molecule has 3 aromatic rings. The zero-order valence-electron chi connectivity index (χ0n) is 19.9. The van der Waals surface area contributed by atoms with Gasteiger partial charge in [0, 0.05) is 10.7 Å². The van der Waals surface area contributed by atoms with Crippen molar-refractivity contribution in [2.45, 2.75) is 58.6 Å². The summed E-state index contributed by atoms with van der Waals surface area (Å²) in [5.74, 6) is 0.290. The van der Waals surface area contributed by atoms with Crippen molar-refractivity contribution < 1.29 is 14.4 Å². The number of benzene rings is 2. The Hall–Kier alpha value is -3.23. The van der Waals surface area contributed by atoms with Gasteiger partial charge < -0.3 is 0 Å². The number of aryl methyl sites for hydroxylation is 1. The number of carbonyl (C=O) groups excluding carboxylic acids is 2. The molecule has 2 atom stereocenters. The van der Waals surface area contributed by atoms with Gasteiger partial charge >= 0.3 is 0 Å². The monoisotopic (exact) mass is 481 g/mol. The summed E-state index contributed by atoms with van der Waals surface area (Å²) in [6.07, 6.45) is 0.938. The zero-order chi connectivity index (χ0) is 24.6. The van der Waals surface area contributed by atoms with Gasteiger partial charge in [-0.05, 0) is 71.4 Å². The van der Waals surface area contributed by atoms with Gasteiger partial charge in [0.05, 0.1) is 23.0 Å². The summed E-state index contributed by atoms with van der Waals surface area (Å²) >= 11 is 6.37. The summed E-state index contributed by atoms with van der Waals surface area (Å²) in [7, 11) is 0. The van der Waals surface area contributed by atoms with Crippen molar-refractivity contribution in [3.63, 3.8) is 0 Å². The fourth-order valence-corrected chi connectivity index (χ4v) is 4.34. The van der Waals surface area contributed by atoms with E-state index in [0.29, 0.717) is 34.5 Å². The fraction of sp³-hybridized carbons (Fsp3) is 0.360. The van der Waals surface area contributed by atoms with Gasteiger partial charge in [-0.1, -0.05) is 29.8 Å². The Morgan fingerprint density at radius 1 is 1.15 bits per heavy atom. The summed E-state index contributed by atoms with van der Waals surface area (Å²) in [5, 5.41) is 10.4. The maximum absolute atomic E-state index is 14.2. The number of hydroxylamine groups is 2. The van der Waals surface area contributed by atoms with E-state index in [0.717, 1.165) is 5.69 Å². The van der Waals surface area contributed by atoms with E-state index >= 15 is 0 Å². The lowest BCUT2D eigenvalue weighted by Gasteiger charge is -2.33. The molecule has 0 spiro atoms. The predicted molar refractivity (Wildman–Crippen MR) is 130 cm³/mol. The van der Waals surface area contributed by atoms with E-state index in [9.17, 15) is 9.59 Å². The Labute approximate surface area is 204 Å². The van der Waals surface area contributed by atoms with E-state index in [1.165, 1.54) is 5.06 Å². The molecule has 1 aliphatic rings. The third-order valence-corrected chi connectivity index (χ3v) is 5.84. The number of carbonyl (C=O) groups is 2. The summed E-state index contributed by atoms with van der Waals surface area (Å²) < 4.78 is 1.89. The van der Waals surface area contributed by atoms with Gasteiger partial charge in [0.1, 0.15) is 17.6 Å². The van der Waals surface area contributed by atoms with Gasteiger partial charge in [0.25, 0.3) is 0 Å². The second kappa shape index (κ2) is 9.19. The number of fused-ring (bicyclic) bond motifs is 3. The molecule has 0 saturated heterocycles. The molecule has 9 heteroatoms. The smallest absolute Gasteiger partial charge is 0.242 e. The first-order valence-corrected chi connectivity index (χ1v) is 11.5. The average molecular weight is 482 g/mol. The molecular formula is C25H28ClN5O3. The minimum absolute atomic E-state index is 0.186. The number of para-hydroxylation sites is 1. The molecule has 34 heavy (non-hydrogen) atoms. The molecule has 1 aromatic heterocycles. The summed E-state index contributed by atoms with van der Waals surface area (Å²) in [5.41, 5.74) is 1.54. The largest absolute Gasteiger partial charge is 0.280 e. The Bertz CT molecular complexity index is 1210. The first-order chi connectivity index (χ1) is 16.1. The molecule has 178 valence electrons. The van der Waals surface area contributed by atoms with Crippen LogP contribution in [0.15, 0.2) is 48.5 Å². The Morgan fingerprint density at radius 3 is 2.50 bits per heavy atom. The van der Waals surface area contributed by atoms with Crippen LogP contribution in [0.4, 0.5) is 11.4 Å². The maximum atomic E-state index is 14.2. The number of nitrogens with zero attached hydrogens (tertiary/aromatic N) is 5. The van der Waals surface area contributed by atoms with E-state index in [4.69, 9.17) is 16.4 Å². The lowest BCUT2D eigenvalue weighted by molar-refractivity contribution is -0.231. The number of aromatic nitrogens is 3. The van der Waals surface area contributed by atoms with Crippen molar-refractivity contribution in [2.24, 2.45) is 0 Å². The quantitative estimate of drug-likeness (QED) is 0.367. The standard InChI is InChI=1S/C25H28ClN5O3/c1-16(29(15-32)34-25(3,4)5)13-20-23-28-27-17(2)30(23)21-12-11-18(26)14-22(21)31(24(20)33)19-9-7-6-8-10-19/h6-12,14-16,20H,13H2,1-5H3. The summed E-state index contributed by atoms with van der Waals surface area (Å²) in [4.78, 5) is 33.5. The molecule has 0 radical (unpaired) electrons. The third-order valence-electron chi connectivity index (χ3n) is 5.61. The third kappa shape index (κ3) is 4.56. The average Bonchev–Trinajstić information content (AvgIpc) is 3.12. The molecule has 1 aliphatic heterocycles. The second-order valence-electron chi connectivity index (χ2n) is 9.39. The Morgan fingerprint density at radius 2 is 1.85 bits per heavy atom. The van der Waals surface area contributed by atoms with Crippen LogP contribution >= 0.6 is 11.6 Å². The first-order valence-electron chi connectivity index (χ1n) is 11.1. The van der Waals surface area contributed by atoms with Crippen LogP contribution in [-0.2, 0) is 14.4 Å². The first kappa shape index (κ1) is 23.9. The minimum atomic E-state index is -0.686. The van der Waals surface area contributed by atoms with Crippen molar-refractivity contribution in [1.82, 2.24) is 19.8 Å². The van der Waals surface area contributed by atoms with Crippen LogP contribution in [0, 0.1) is 6.92 Å². The fourth-order valence-electron chi connectivity index (χ4n) is 4.18. The van der Waals surface area contributed by atoms with E-state index < -0.39 is 17.6 Å². The highest BCUT2D eigenvalue weighted by atomic mass is 35.5. The molecule has 0 saturated carbocycles. The van der Waals surface area contributed by atoms with E-state index in [1.807, 2.05) is 75.6 Å². The molecule has 4 rings (SSSR count). The van der Waals surface area contributed by atoms with Gasteiger partial charge in [-0.2, -0.15) is 0 Å². The lowest BCUT2D eigenvalue weighted by atomic mass is 9.97.